The number of nitrogens with zero attached hydrogens (tertiary/aromatic N) is 5. The van der Waals surface area contributed by atoms with Crippen LogP contribution in [0.15, 0.2) is 10.6 Å². The first-order valence-corrected chi connectivity index (χ1v) is 7.40. The fourth-order valence-electron chi connectivity index (χ4n) is 2.42. The van der Waals surface area contributed by atoms with Gasteiger partial charge in [0.1, 0.15) is 11.9 Å². The summed E-state index contributed by atoms with van der Waals surface area (Å²) >= 11 is 0. The van der Waals surface area contributed by atoms with E-state index < -0.39 is 0 Å². The normalized spacial score (nSPS) is 12.8. The van der Waals surface area contributed by atoms with E-state index in [9.17, 15) is 0 Å². The number of rotatable bonds is 4. The zero-order valence-corrected chi connectivity index (χ0v) is 13.5. The van der Waals surface area contributed by atoms with Crippen molar-refractivity contribution in [2.75, 3.05) is 5.32 Å². The zero-order valence-electron chi connectivity index (χ0n) is 13.5. The summed E-state index contributed by atoms with van der Waals surface area (Å²) in [7, 11) is 0. The maximum Gasteiger partial charge on any atom is 0.249 e. The molecule has 0 aliphatic heterocycles. The third-order valence-electron chi connectivity index (χ3n) is 3.76. The van der Waals surface area contributed by atoms with Crippen molar-refractivity contribution in [2.24, 2.45) is 0 Å². The van der Waals surface area contributed by atoms with Crippen LogP contribution < -0.4 is 5.32 Å². The minimum atomic E-state index is -0.0592. The van der Waals surface area contributed by atoms with Gasteiger partial charge in [-0.3, -0.25) is 0 Å². The van der Waals surface area contributed by atoms with E-state index >= 15 is 0 Å². The number of anilines is 1. The fourth-order valence-corrected chi connectivity index (χ4v) is 2.42. The van der Waals surface area contributed by atoms with Crippen LogP contribution in [0.3, 0.4) is 0 Å². The highest BCUT2D eigenvalue weighted by Crippen LogP contribution is 2.24. The molecule has 0 unspecified atom stereocenters. The highest BCUT2D eigenvalue weighted by atomic mass is 16.5. The molecule has 7 nitrogen and oxygen atoms in total. The Kier molecular flexibility index (Phi) is 3.56. The van der Waals surface area contributed by atoms with Crippen LogP contribution in [-0.4, -0.2) is 24.7 Å². The minimum Gasteiger partial charge on any atom is -0.358 e. The minimum absolute atomic E-state index is 0.0592. The fraction of sp³-hybridized carbons (Fsp3) is 0.467. The van der Waals surface area contributed by atoms with Gasteiger partial charge in [0.05, 0.1) is 5.69 Å². The number of aromatic nitrogens is 5. The smallest absolute Gasteiger partial charge is 0.249 e. The lowest BCUT2D eigenvalue weighted by molar-refractivity contribution is 0.356. The highest BCUT2D eigenvalue weighted by molar-refractivity contribution is 5.56. The monoisotopic (exact) mass is 300 g/mol. The molecule has 1 atom stereocenters. The van der Waals surface area contributed by atoms with Crippen LogP contribution in [0.1, 0.15) is 48.1 Å². The van der Waals surface area contributed by atoms with Crippen molar-refractivity contribution in [1.29, 1.82) is 0 Å². The van der Waals surface area contributed by atoms with Crippen molar-refractivity contribution in [1.82, 2.24) is 24.7 Å². The molecule has 7 heteroatoms. The zero-order chi connectivity index (χ0) is 15.9. The SMILES string of the molecule is CC[C@@H](Nc1cc(C)nc2c(C)c(C)nn12)c1nc(C)no1. The molecular formula is C15H20N6O. The van der Waals surface area contributed by atoms with Crippen LogP contribution in [0.25, 0.3) is 5.65 Å². The van der Waals surface area contributed by atoms with Gasteiger partial charge >= 0.3 is 0 Å². The predicted octanol–water partition coefficient (Wildman–Crippen LogP) is 2.91. The second-order valence-electron chi connectivity index (χ2n) is 5.51. The first-order valence-electron chi connectivity index (χ1n) is 7.40. The lowest BCUT2D eigenvalue weighted by atomic mass is 10.2. The molecule has 3 rings (SSSR count). The van der Waals surface area contributed by atoms with Crippen molar-refractivity contribution in [2.45, 2.75) is 47.1 Å². The van der Waals surface area contributed by atoms with E-state index in [0.29, 0.717) is 11.7 Å². The van der Waals surface area contributed by atoms with Crippen LogP contribution >= 0.6 is 0 Å². The van der Waals surface area contributed by atoms with E-state index in [1.165, 1.54) is 0 Å². The molecule has 0 radical (unpaired) electrons. The van der Waals surface area contributed by atoms with Crippen molar-refractivity contribution in [3.05, 3.63) is 34.7 Å². The second kappa shape index (κ2) is 5.40. The summed E-state index contributed by atoms with van der Waals surface area (Å²) in [4.78, 5) is 8.89. The van der Waals surface area contributed by atoms with Crippen LogP contribution in [0.2, 0.25) is 0 Å². The molecule has 0 saturated heterocycles. The van der Waals surface area contributed by atoms with Gasteiger partial charge in [-0.05, 0) is 34.1 Å². The first-order chi connectivity index (χ1) is 10.5. The summed E-state index contributed by atoms with van der Waals surface area (Å²) in [5, 5.41) is 11.9. The number of hydrogen-bond acceptors (Lipinski definition) is 6. The van der Waals surface area contributed by atoms with Gasteiger partial charge in [0.2, 0.25) is 5.89 Å². The van der Waals surface area contributed by atoms with Crippen molar-refractivity contribution >= 4 is 11.5 Å². The van der Waals surface area contributed by atoms with Gasteiger partial charge in [0, 0.05) is 17.3 Å². The quantitative estimate of drug-likeness (QED) is 0.798. The molecule has 0 aromatic carbocycles. The summed E-state index contributed by atoms with van der Waals surface area (Å²) in [6.07, 6.45) is 0.823. The van der Waals surface area contributed by atoms with Crippen LogP contribution in [0.5, 0.6) is 0 Å². The molecule has 0 bridgehead atoms. The van der Waals surface area contributed by atoms with Crippen molar-refractivity contribution < 1.29 is 4.52 Å². The van der Waals surface area contributed by atoms with E-state index in [1.54, 1.807) is 0 Å². The molecule has 0 amide bonds. The first kappa shape index (κ1) is 14.5. The van der Waals surface area contributed by atoms with E-state index in [2.05, 4.69) is 32.5 Å². The van der Waals surface area contributed by atoms with Gasteiger partial charge in [-0.1, -0.05) is 12.1 Å². The average molecular weight is 300 g/mol. The van der Waals surface area contributed by atoms with E-state index in [-0.39, 0.29) is 6.04 Å². The van der Waals surface area contributed by atoms with Crippen molar-refractivity contribution in [3.8, 4) is 0 Å². The van der Waals surface area contributed by atoms with E-state index in [4.69, 9.17) is 4.52 Å². The van der Waals surface area contributed by atoms with Crippen molar-refractivity contribution in [3.63, 3.8) is 0 Å². The molecular weight excluding hydrogens is 280 g/mol. The molecule has 116 valence electrons. The Hall–Kier alpha value is -2.44. The standard InChI is InChI=1S/C15H20N6O/c1-6-12(15-17-11(5)20-22-15)18-13-7-8(2)16-14-9(3)10(4)19-21(13)14/h7,12,18H,6H2,1-5H3/t12-/m1/s1. The van der Waals surface area contributed by atoms with E-state index in [1.807, 2.05) is 38.3 Å². The maximum atomic E-state index is 5.29. The van der Waals surface area contributed by atoms with Gasteiger partial charge in [0.25, 0.3) is 0 Å². The molecule has 1 N–H and O–H groups in total. The Labute approximate surface area is 128 Å². The molecule has 0 spiro atoms. The second-order valence-corrected chi connectivity index (χ2v) is 5.51. The number of fused-ring (bicyclic) bond motifs is 1. The maximum absolute atomic E-state index is 5.29. The average Bonchev–Trinajstić information content (AvgIpc) is 3.02. The molecule has 0 fully saturated rings. The molecule has 3 aromatic heterocycles. The summed E-state index contributed by atoms with van der Waals surface area (Å²) in [5.41, 5.74) is 3.88. The molecule has 0 aliphatic carbocycles. The summed E-state index contributed by atoms with van der Waals surface area (Å²) in [6.45, 7) is 9.88. The molecule has 3 heterocycles. The van der Waals surface area contributed by atoms with Gasteiger partial charge < -0.3 is 9.84 Å². The third kappa shape index (κ3) is 2.43. The summed E-state index contributed by atoms with van der Waals surface area (Å²) < 4.78 is 7.13. The Bertz CT molecular complexity index is 819. The van der Waals surface area contributed by atoms with Gasteiger partial charge in [-0.2, -0.15) is 14.6 Å². The van der Waals surface area contributed by atoms with Gasteiger partial charge in [-0.25, -0.2) is 4.98 Å². The lowest BCUT2D eigenvalue weighted by Crippen LogP contribution is -2.14. The van der Waals surface area contributed by atoms with Gasteiger partial charge in [-0.15, -0.1) is 0 Å². The Morgan fingerprint density at radius 3 is 2.64 bits per heavy atom. The van der Waals surface area contributed by atoms with E-state index in [0.717, 1.165) is 34.8 Å². The third-order valence-corrected chi connectivity index (χ3v) is 3.76. The Morgan fingerprint density at radius 2 is 2.00 bits per heavy atom. The number of nitrogens with one attached hydrogen (secondary N) is 1. The Morgan fingerprint density at radius 1 is 1.23 bits per heavy atom. The molecule has 3 aromatic rings. The molecule has 0 aliphatic rings. The van der Waals surface area contributed by atoms with Crippen LogP contribution in [-0.2, 0) is 0 Å². The number of hydrogen-bond donors (Lipinski definition) is 1. The van der Waals surface area contributed by atoms with Crippen LogP contribution in [0, 0.1) is 27.7 Å². The predicted molar refractivity (Wildman–Crippen MR) is 82.9 cm³/mol. The Balaban J connectivity index is 2.04. The highest BCUT2D eigenvalue weighted by Gasteiger charge is 2.19. The summed E-state index contributed by atoms with van der Waals surface area (Å²) in [5.74, 6) is 2.10. The topological polar surface area (TPSA) is 81.1 Å². The largest absolute Gasteiger partial charge is 0.358 e. The lowest BCUT2D eigenvalue weighted by Gasteiger charge is -2.15. The summed E-state index contributed by atoms with van der Waals surface area (Å²) in [6, 6.07) is 1.92. The number of aryl methyl sites for hydroxylation is 4. The molecule has 22 heavy (non-hydrogen) atoms. The van der Waals surface area contributed by atoms with Crippen LogP contribution in [0.4, 0.5) is 5.82 Å². The van der Waals surface area contributed by atoms with Gasteiger partial charge in [0.15, 0.2) is 11.5 Å². The molecule has 0 saturated carbocycles.